The molecule has 9 heteroatoms. The molecule has 0 bridgehead atoms. The summed E-state index contributed by atoms with van der Waals surface area (Å²) in [6.07, 6.45) is 3.74. The number of nitrogens with zero attached hydrogens (tertiary/aromatic N) is 2. The monoisotopic (exact) mass is 656 g/mol. The van der Waals surface area contributed by atoms with Crippen molar-refractivity contribution in [2.75, 3.05) is 12.9 Å². The van der Waals surface area contributed by atoms with Crippen molar-refractivity contribution in [1.29, 1.82) is 0 Å². The molecule has 0 saturated carbocycles. The minimum Gasteiger partial charge on any atom is -0.463 e. The Hall–Kier alpha value is -3.92. The van der Waals surface area contributed by atoms with Crippen molar-refractivity contribution < 1.29 is 13.9 Å². The standard InChI is InChI=1S/C33H25BrN2O4S2/c1-3-39-32(38)28-29(20-8-5-4-6-9-20)35-33-36(30(28)21-12-15-25(41-2)16-13-21)31(37)27(42-33)19-24-14-17-26(40-24)22-10-7-11-23(34)18-22/h4-19,30H,3H2,1-2H3/b27-19-/t30-/m0/s1. The molecule has 6 nitrogen and oxygen atoms in total. The smallest absolute Gasteiger partial charge is 0.338 e. The SMILES string of the molecule is CCOC(=O)C1=C(c2ccccc2)N=c2s/c(=C\c3ccc(-c4cccc(Br)c4)o3)c(=O)n2[C@H]1c1ccc(SC)cc1. The van der Waals surface area contributed by atoms with Gasteiger partial charge in [-0.2, -0.15) is 0 Å². The Morgan fingerprint density at radius 1 is 1.05 bits per heavy atom. The van der Waals surface area contributed by atoms with Gasteiger partial charge in [0.25, 0.3) is 5.56 Å². The number of thioether (sulfide) groups is 1. The van der Waals surface area contributed by atoms with Crippen LogP contribution in [0.2, 0.25) is 0 Å². The number of benzene rings is 3. The Balaban J connectivity index is 1.56. The molecule has 3 heterocycles. The van der Waals surface area contributed by atoms with Gasteiger partial charge in [0, 0.05) is 26.6 Å². The predicted octanol–water partition coefficient (Wildman–Crippen LogP) is 6.68. The van der Waals surface area contributed by atoms with Crippen LogP contribution < -0.4 is 14.9 Å². The number of thiazole rings is 1. The normalized spacial score (nSPS) is 14.9. The number of aromatic nitrogens is 1. The van der Waals surface area contributed by atoms with Crippen LogP contribution in [0, 0.1) is 0 Å². The van der Waals surface area contributed by atoms with E-state index in [-0.39, 0.29) is 12.2 Å². The van der Waals surface area contributed by atoms with Crippen LogP contribution in [0.25, 0.3) is 23.1 Å². The minimum absolute atomic E-state index is 0.200. The number of carbonyl (C=O) groups excluding carboxylic acids is 1. The van der Waals surface area contributed by atoms with Gasteiger partial charge in [0.2, 0.25) is 0 Å². The third-order valence-corrected chi connectivity index (χ3v) is 9.03. The first-order chi connectivity index (χ1) is 20.5. The fraction of sp³-hybridized carbons (Fsp3) is 0.121. The highest BCUT2D eigenvalue weighted by molar-refractivity contribution is 9.10. The predicted molar refractivity (Wildman–Crippen MR) is 171 cm³/mol. The van der Waals surface area contributed by atoms with Crippen molar-refractivity contribution in [2.45, 2.75) is 17.9 Å². The van der Waals surface area contributed by atoms with E-state index in [0.29, 0.717) is 32.1 Å². The molecule has 210 valence electrons. The quantitative estimate of drug-likeness (QED) is 0.144. The van der Waals surface area contributed by atoms with Crippen LogP contribution in [0.4, 0.5) is 0 Å². The molecule has 1 atom stereocenters. The van der Waals surface area contributed by atoms with Gasteiger partial charge in [-0.15, -0.1) is 11.8 Å². The number of esters is 1. The van der Waals surface area contributed by atoms with Crippen LogP contribution in [-0.4, -0.2) is 23.4 Å². The summed E-state index contributed by atoms with van der Waals surface area (Å²) >= 11 is 6.39. The molecule has 6 rings (SSSR count). The van der Waals surface area contributed by atoms with E-state index in [1.165, 1.54) is 11.3 Å². The lowest BCUT2D eigenvalue weighted by atomic mass is 9.93. The van der Waals surface area contributed by atoms with Gasteiger partial charge in [0.15, 0.2) is 4.80 Å². The van der Waals surface area contributed by atoms with Gasteiger partial charge in [0.1, 0.15) is 11.5 Å². The van der Waals surface area contributed by atoms with Crippen molar-refractivity contribution in [3.05, 3.63) is 138 Å². The first kappa shape index (κ1) is 28.2. The summed E-state index contributed by atoms with van der Waals surface area (Å²) in [6, 6.07) is 28.3. The van der Waals surface area contributed by atoms with Crippen LogP contribution >= 0.6 is 39.0 Å². The summed E-state index contributed by atoms with van der Waals surface area (Å²) in [5, 5.41) is 0. The largest absolute Gasteiger partial charge is 0.463 e. The Bertz CT molecular complexity index is 1990. The molecule has 5 aromatic rings. The molecular formula is C33H25BrN2O4S2. The maximum absolute atomic E-state index is 14.1. The van der Waals surface area contributed by atoms with Crippen molar-refractivity contribution in [3.63, 3.8) is 0 Å². The molecule has 1 aliphatic heterocycles. The highest BCUT2D eigenvalue weighted by Gasteiger charge is 2.35. The van der Waals surface area contributed by atoms with E-state index in [4.69, 9.17) is 14.1 Å². The number of hydrogen-bond donors (Lipinski definition) is 0. The Morgan fingerprint density at radius 3 is 2.52 bits per heavy atom. The van der Waals surface area contributed by atoms with Gasteiger partial charge >= 0.3 is 5.97 Å². The van der Waals surface area contributed by atoms with E-state index in [1.807, 2.05) is 97.3 Å². The van der Waals surface area contributed by atoms with Crippen molar-refractivity contribution >= 4 is 56.8 Å². The van der Waals surface area contributed by atoms with Crippen LogP contribution in [-0.2, 0) is 9.53 Å². The second-order valence-corrected chi connectivity index (χ2v) is 12.2. The van der Waals surface area contributed by atoms with Crippen LogP contribution in [0.3, 0.4) is 0 Å². The first-order valence-corrected chi connectivity index (χ1v) is 16.1. The number of fused-ring (bicyclic) bond motifs is 1. The topological polar surface area (TPSA) is 73.8 Å². The summed E-state index contributed by atoms with van der Waals surface area (Å²) in [6.45, 7) is 1.97. The summed E-state index contributed by atoms with van der Waals surface area (Å²) in [4.78, 5) is 34.1. The average Bonchev–Trinajstić information content (AvgIpc) is 3.61. The molecule has 1 aliphatic rings. The van der Waals surface area contributed by atoms with Crippen molar-refractivity contribution in [1.82, 2.24) is 4.57 Å². The lowest BCUT2D eigenvalue weighted by molar-refractivity contribution is -0.138. The van der Waals surface area contributed by atoms with Crippen LogP contribution in [0.5, 0.6) is 0 Å². The Morgan fingerprint density at radius 2 is 1.81 bits per heavy atom. The molecular weight excluding hydrogens is 632 g/mol. The van der Waals surface area contributed by atoms with Crippen LogP contribution in [0.15, 0.2) is 120 Å². The number of ether oxygens (including phenoxy) is 1. The molecule has 0 aliphatic carbocycles. The zero-order chi connectivity index (χ0) is 29.2. The Labute approximate surface area is 258 Å². The number of furan rings is 1. The summed E-state index contributed by atoms with van der Waals surface area (Å²) < 4.78 is 14.6. The summed E-state index contributed by atoms with van der Waals surface area (Å²) in [7, 11) is 0. The second-order valence-electron chi connectivity index (χ2n) is 9.42. The number of carbonyl (C=O) groups is 1. The number of halogens is 1. The maximum Gasteiger partial charge on any atom is 0.338 e. The molecule has 42 heavy (non-hydrogen) atoms. The minimum atomic E-state index is -0.720. The first-order valence-electron chi connectivity index (χ1n) is 13.2. The maximum atomic E-state index is 14.1. The molecule has 0 spiro atoms. The van der Waals surface area contributed by atoms with Gasteiger partial charge in [0.05, 0.1) is 28.5 Å². The average molecular weight is 658 g/mol. The van der Waals surface area contributed by atoms with E-state index < -0.39 is 12.0 Å². The molecule has 0 unspecified atom stereocenters. The van der Waals surface area contributed by atoms with Gasteiger partial charge in [-0.1, -0.05) is 81.9 Å². The molecule has 3 aromatic carbocycles. The molecule has 0 amide bonds. The van der Waals surface area contributed by atoms with Crippen molar-refractivity contribution in [3.8, 4) is 11.3 Å². The zero-order valence-electron chi connectivity index (χ0n) is 22.7. The Kier molecular flexibility index (Phi) is 8.15. The van der Waals surface area contributed by atoms with E-state index in [2.05, 4.69) is 15.9 Å². The van der Waals surface area contributed by atoms with Crippen LogP contribution in [0.1, 0.15) is 29.9 Å². The third-order valence-electron chi connectivity index (χ3n) is 6.81. The van der Waals surface area contributed by atoms with E-state index in [9.17, 15) is 9.59 Å². The van der Waals surface area contributed by atoms with E-state index in [0.717, 1.165) is 26.1 Å². The molecule has 2 aromatic heterocycles. The van der Waals surface area contributed by atoms with Gasteiger partial charge < -0.3 is 9.15 Å². The fourth-order valence-corrected chi connectivity index (χ4v) is 6.69. The molecule has 0 fully saturated rings. The third kappa shape index (κ3) is 5.47. The lowest BCUT2D eigenvalue weighted by Crippen LogP contribution is -2.40. The summed E-state index contributed by atoms with van der Waals surface area (Å²) in [5.74, 6) is 0.736. The lowest BCUT2D eigenvalue weighted by Gasteiger charge is -2.26. The molecule has 0 N–H and O–H groups in total. The highest BCUT2D eigenvalue weighted by atomic mass is 79.9. The number of rotatable bonds is 7. The molecule has 0 saturated heterocycles. The number of hydrogen-bond acceptors (Lipinski definition) is 7. The van der Waals surface area contributed by atoms with E-state index in [1.54, 1.807) is 29.3 Å². The van der Waals surface area contributed by atoms with Crippen molar-refractivity contribution in [2.24, 2.45) is 4.99 Å². The second kappa shape index (κ2) is 12.1. The van der Waals surface area contributed by atoms with Gasteiger partial charge in [-0.3, -0.25) is 9.36 Å². The van der Waals surface area contributed by atoms with Gasteiger partial charge in [-0.05, 0) is 55.1 Å². The van der Waals surface area contributed by atoms with E-state index >= 15 is 0 Å². The zero-order valence-corrected chi connectivity index (χ0v) is 26.0. The summed E-state index contributed by atoms with van der Waals surface area (Å²) in [5.41, 5.74) is 3.05. The van der Waals surface area contributed by atoms with Gasteiger partial charge in [-0.25, -0.2) is 9.79 Å². The molecule has 0 radical (unpaired) electrons. The fourth-order valence-electron chi connectivity index (χ4n) is 4.90. The highest BCUT2D eigenvalue weighted by Crippen LogP contribution is 2.35.